The van der Waals surface area contributed by atoms with Crippen LogP contribution < -0.4 is 15.8 Å². The van der Waals surface area contributed by atoms with Crippen molar-refractivity contribution in [2.45, 2.75) is 0 Å². The fourth-order valence-electron chi connectivity index (χ4n) is 1.54. The Morgan fingerprint density at radius 2 is 2.19 bits per heavy atom. The number of nitrogens with two attached hydrogens (primary N) is 1. The van der Waals surface area contributed by atoms with Crippen LogP contribution in [-0.2, 0) is 0 Å². The monoisotopic (exact) mass is 286 g/mol. The molecule has 1 amide bonds. The first kappa shape index (κ1) is 14.3. The molecule has 4 N–H and O–H groups in total. The molecule has 0 atom stereocenters. The first-order valence-corrected chi connectivity index (χ1v) is 6.10. The number of anilines is 1. The Labute approximate surface area is 121 Å². The Morgan fingerprint density at radius 1 is 1.33 bits per heavy atom. The highest BCUT2D eigenvalue weighted by atomic mass is 16.5. The third-order valence-electron chi connectivity index (χ3n) is 2.50. The molecular formula is C14H14N4O3. The highest BCUT2D eigenvalue weighted by Crippen LogP contribution is 2.17. The first-order chi connectivity index (χ1) is 10.2. The van der Waals surface area contributed by atoms with E-state index >= 15 is 0 Å². The number of ether oxygens (including phenoxy) is 1. The molecule has 7 nitrogen and oxygen atoms in total. The van der Waals surface area contributed by atoms with Crippen LogP contribution in [0.4, 0.5) is 5.69 Å². The molecule has 0 aliphatic rings. The van der Waals surface area contributed by atoms with Crippen molar-refractivity contribution in [1.82, 2.24) is 4.98 Å². The van der Waals surface area contributed by atoms with Crippen LogP contribution in [0.5, 0.6) is 5.75 Å². The van der Waals surface area contributed by atoms with Gasteiger partial charge in [-0.25, -0.2) is 0 Å². The molecule has 1 aromatic heterocycles. The van der Waals surface area contributed by atoms with Crippen LogP contribution in [0, 0.1) is 0 Å². The van der Waals surface area contributed by atoms with E-state index in [-0.39, 0.29) is 18.3 Å². The molecule has 2 aromatic rings. The second kappa shape index (κ2) is 6.90. The van der Waals surface area contributed by atoms with E-state index in [1.165, 1.54) is 0 Å². The van der Waals surface area contributed by atoms with E-state index in [1.54, 1.807) is 48.7 Å². The van der Waals surface area contributed by atoms with Gasteiger partial charge in [0.15, 0.2) is 5.84 Å². The van der Waals surface area contributed by atoms with Crippen molar-refractivity contribution in [2.75, 3.05) is 11.9 Å². The number of rotatable bonds is 5. The van der Waals surface area contributed by atoms with Gasteiger partial charge >= 0.3 is 0 Å². The molecule has 2 rings (SSSR count). The molecule has 0 saturated heterocycles. The van der Waals surface area contributed by atoms with Gasteiger partial charge in [-0.3, -0.25) is 9.78 Å². The molecule has 0 unspecified atom stereocenters. The van der Waals surface area contributed by atoms with Gasteiger partial charge in [-0.05, 0) is 24.3 Å². The van der Waals surface area contributed by atoms with E-state index in [0.29, 0.717) is 17.1 Å². The molecule has 0 aliphatic carbocycles. The summed E-state index contributed by atoms with van der Waals surface area (Å²) in [7, 11) is 0. The number of amidine groups is 1. The van der Waals surface area contributed by atoms with Crippen LogP contribution in [0.1, 0.15) is 10.5 Å². The summed E-state index contributed by atoms with van der Waals surface area (Å²) in [6.45, 7) is -0.0475. The van der Waals surface area contributed by atoms with Crippen LogP contribution in [0.2, 0.25) is 0 Å². The predicted molar refractivity (Wildman–Crippen MR) is 77.5 cm³/mol. The zero-order chi connectivity index (χ0) is 15.1. The number of carbonyl (C=O) groups is 1. The average molecular weight is 286 g/mol. The zero-order valence-corrected chi connectivity index (χ0v) is 11.1. The van der Waals surface area contributed by atoms with Crippen molar-refractivity contribution in [3.05, 3.63) is 54.4 Å². The molecular weight excluding hydrogens is 272 g/mol. The van der Waals surface area contributed by atoms with E-state index < -0.39 is 0 Å². The van der Waals surface area contributed by atoms with Crippen LogP contribution in [0.3, 0.4) is 0 Å². The van der Waals surface area contributed by atoms with Gasteiger partial charge in [-0.1, -0.05) is 17.3 Å². The quantitative estimate of drug-likeness (QED) is 0.333. The lowest BCUT2D eigenvalue weighted by molar-refractivity contribution is 0.102. The minimum absolute atomic E-state index is 0.0436. The Morgan fingerprint density at radius 3 is 2.90 bits per heavy atom. The van der Waals surface area contributed by atoms with Gasteiger partial charge in [0.05, 0.1) is 0 Å². The van der Waals surface area contributed by atoms with Crippen molar-refractivity contribution < 1.29 is 14.7 Å². The fraction of sp³-hybridized carbons (Fsp3) is 0.0714. The standard InChI is InChI=1S/C14H14N4O3/c15-13(18-20)9-21-11-5-3-4-10(8-11)17-14(19)12-6-1-2-7-16-12/h1-8,20H,9H2,(H2,15,18)(H,17,19). The van der Waals surface area contributed by atoms with Crippen molar-refractivity contribution in [1.29, 1.82) is 0 Å². The Balaban J connectivity index is 2.02. The summed E-state index contributed by atoms with van der Waals surface area (Å²) in [6, 6.07) is 11.9. The molecule has 0 spiro atoms. The third kappa shape index (κ3) is 4.20. The maximum atomic E-state index is 12.0. The lowest BCUT2D eigenvalue weighted by Crippen LogP contribution is -2.20. The van der Waals surface area contributed by atoms with Crippen molar-refractivity contribution in [3.8, 4) is 5.75 Å². The van der Waals surface area contributed by atoms with Crippen molar-refractivity contribution in [2.24, 2.45) is 10.9 Å². The normalized spacial score (nSPS) is 11.0. The molecule has 108 valence electrons. The third-order valence-corrected chi connectivity index (χ3v) is 2.50. The van der Waals surface area contributed by atoms with Crippen LogP contribution in [-0.4, -0.2) is 28.5 Å². The highest BCUT2D eigenvalue weighted by Gasteiger charge is 2.07. The Bertz CT molecular complexity index is 644. The molecule has 0 aliphatic heterocycles. The van der Waals surface area contributed by atoms with Crippen LogP contribution in [0.25, 0.3) is 0 Å². The van der Waals surface area contributed by atoms with Gasteiger partial charge in [0, 0.05) is 18.0 Å². The molecule has 0 fully saturated rings. The van der Waals surface area contributed by atoms with Gasteiger partial charge in [-0.15, -0.1) is 0 Å². The number of benzene rings is 1. The summed E-state index contributed by atoms with van der Waals surface area (Å²) >= 11 is 0. The molecule has 1 heterocycles. The maximum Gasteiger partial charge on any atom is 0.274 e. The number of pyridine rings is 1. The summed E-state index contributed by atoms with van der Waals surface area (Å²) in [4.78, 5) is 15.9. The van der Waals surface area contributed by atoms with Crippen LogP contribution >= 0.6 is 0 Å². The minimum Gasteiger partial charge on any atom is -0.485 e. The number of carbonyl (C=O) groups excluding carboxylic acids is 1. The molecule has 0 saturated carbocycles. The van der Waals surface area contributed by atoms with Gasteiger partial charge < -0.3 is 21.0 Å². The number of hydrogen-bond donors (Lipinski definition) is 3. The largest absolute Gasteiger partial charge is 0.485 e. The second-order valence-electron chi connectivity index (χ2n) is 4.08. The Hall–Kier alpha value is -3.09. The molecule has 0 radical (unpaired) electrons. The lowest BCUT2D eigenvalue weighted by Gasteiger charge is -2.08. The Kier molecular flexibility index (Phi) is 4.70. The smallest absolute Gasteiger partial charge is 0.274 e. The van der Waals surface area contributed by atoms with Crippen molar-refractivity contribution >= 4 is 17.4 Å². The maximum absolute atomic E-state index is 12.0. The summed E-state index contributed by atoms with van der Waals surface area (Å²) in [5.41, 5.74) is 6.19. The molecule has 1 aromatic carbocycles. The summed E-state index contributed by atoms with van der Waals surface area (Å²) in [5, 5.41) is 13.9. The number of nitrogens with one attached hydrogen (secondary N) is 1. The number of aromatic nitrogens is 1. The second-order valence-corrected chi connectivity index (χ2v) is 4.08. The van der Waals surface area contributed by atoms with Gasteiger partial charge in [-0.2, -0.15) is 0 Å². The molecule has 21 heavy (non-hydrogen) atoms. The van der Waals surface area contributed by atoms with Crippen LogP contribution in [0.15, 0.2) is 53.8 Å². The average Bonchev–Trinajstić information content (AvgIpc) is 2.53. The summed E-state index contributed by atoms with van der Waals surface area (Å²) in [6.07, 6.45) is 1.55. The predicted octanol–water partition coefficient (Wildman–Crippen LogP) is 1.46. The minimum atomic E-state index is -0.316. The number of amides is 1. The lowest BCUT2D eigenvalue weighted by atomic mass is 10.2. The number of nitrogens with zero attached hydrogens (tertiary/aromatic N) is 2. The number of oxime groups is 1. The first-order valence-electron chi connectivity index (χ1n) is 6.10. The van der Waals surface area contributed by atoms with Gasteiger partial charge in [0.25, 0.3) is 5.91 Å². The summed E-state index contributed by atoms with van der Waals surface area (Å²) < 4.78 is 5.30. The molecule has 0 bridgehead atoms. The molecule has 7 heteroatoms. The van der Waals surface area contributed by atoms with E-state index in [2.05, 4.69) is 15.5 Å². The van der Waals surface area contributed by atoms with Crippen molar-refractivity contribution in [3.63, 3.8) is 0 Å². The van der Waals surface area contributed by atoms with E-state index in [1.807, 2.05) is 0 Å². The fourth-order valence-corrected chi connectivity index (χ4v) is 1.54. The van der Waals surface area contributed by atoms with Gasteiger partial charge in [0.2, 0.25) is 0 Å². The summed E-state index contributed by atoms with van der Waals surface area (Å²) in [5.74, 6) is 0.127. The van der Waals surface area contributed by atoms with E-state index in [0.717, 1.165) is 0 Å². The van der Waals surface area contributed by atoms with Gasteiger partial charge in [0.1, 0.15) is 18.1 Å². The zero-order valence-electron chi connectivity index (χ0n) is 11.1. The van der Waals surface area contributed by atoms with E-state index in [9.17, 15) is 4.79 Å². The van der Waals surface area contributed by atoms with E-state index in [4.69, 9.17) is 15.7 Å². The topological polar surface area (TPSA) is 110 Å². The highest BCUT2D eigenvalue weighted by molar-refractivity contribution is 6.02. The number of hydrogen-bond acceptors (Lipinski definition) is 5. The SMILES string of the molecule is N/C(COc1cccc(NC(=O)c2ccccn2)c1)=N\O.